The SMILES string of the molecule is O.O.O=C=O.O=O.O=S(=O)(O)O.O=S(=O)(O)O.O=S(=O)([O-])[O-].O=S(=O)=O.O=S(=O)=O.O=S([O-])O.O=[C-]O.O=[S](O)(=[Ca])OO.O=[S](O)(=[Ca])OO.OOOO.S=S.[Ca+2].[Ca+2].[H-].[H-].[H-].[H-].[Na+].[Na+].[Na+].[Na+].[OH-]. The molecule has 17 N–H and O–H groups in total. The van der Waals surface area contributed by atoms with Crippen LogP contribution in [0, 0.1) is 9.93 Å². The van der Waals surface area contributed by atoms with Gasteiger partial charge in [-0.05, 0) is 10.1 Å². The number of hydrogen-bond donors (Lipinski definition) is 12. The molecule has 0 aliphatic rings. The van der Waals surface area contributed by atoms with E-state index in [1.165, 1.54) is 0 Å². The zero-order valence-electron chi connectivity index (χ0n) is 33.7. The van der Waals surface area contributed by atoms with E-state index in [-0.39, 0.29) is 289 Å². The van der Waals surface area contributed by atoms with Crippen molar-refractivity contribution in [2.45, 2.75) is 0 Å². The van der Waals surface area contributed by atoms with Crippen molar-refractivity contribution in [3.8, 4) is 0 Å². The molecule has 0 aliphatic carbocycles. The Labute approximate surface area is 556 Å². The van der Waals surface area contributed by atoms with Crippen molar-refractivity contribution in [1.82, 2.24) is 0 Å². The summed E-state index contributed by atoms with van der Waals surface area (Å²) in [7, 11) is -20.7. The van der Waals surface area contributed by atoms with Crippen LogP contribution in [-0.2, 0) is 128 Å². The van der Waals surface area contributed by atoms with Gasteiger partial charge in [0.25, 0.3) is 0 Å². The molecule has 0 bridgehead atoms. The summed E-state index contributed by atoms with van der Waals surface area (Å²) in [6.45, 7) is 0.500. The largest absolute Gasteiger partial charge is 2.00 e. The van der Waals surface area contributed by atoms with Crippen molar-refractivity contribution >= 4 is 250 Å². The number of hydrogen-bond acceptors (Lipinski definition) is 34. The molecule has 0 rings (SSSR count). The Kier molecular flexibility index (Phi) is 262. The Morgan fingerprint density at radius 1 is 0.597 bits per heavy atom. The van der Waals surface area contributed by atoms with Crippen LogP contribution in [0.5, 0.6) is 0 Å². The first kappa shape index (κ1) is 144. The molecule has 0 fully saturated rings. The summed E-state index contributed by atoms with van der Waals surface area (Å²) in [5, 5.41) is 40.6. The molecule has 0 aliphatic heterocycles. The number of rotatable bonds is 3. The topological polar surface area (TPSA) is 783 Å². The third kappa shape index (κ3) is 1550. The monoisotopic (exact) mass is 1290 g/mol. The predicted octanol–water partition coefficient (Wildman–Crippen LogP) is -22.0. The average molecular weight is 1290 g/mol. The normalized spacial score (nSPS) is 9.39. The molecule has 0 aromatic carbocycles. The quantitative estimate of drug-likeness (QED) is 0.0237. The van der Waals surface area contributed by atoms with Gasteiger partial charge in [0.2, 0.25) is 0 Å². The van der Waals surface area contributed by atoms with E-state index in [2.05, 4.69) is 41.1 Å². The fourth-order valence-electron chi connectivity index (χ4n) is 0. The van der Waals surface area contributed by atoms with Crippen LogP contribution in [0.2, 0.25) is 0 Å². The van der Waals surface area contributed by atoms with Crippen LogP contribution in [0.3, 0.4) is 0 Å². The van der Waals surface area contributed by atoms with Crippen LogP contribution in [-0.4, -0.2) is 306 Å². The average Bonchev–Trinajstić information content (AvgIpc) is 2.88. The van der Waals surface area contributed by atoms with Gasteiger partial charge in [0.15, 0.2) is 0 Å². The van der Waals surface area contributed by atoms with Crippen LogP contribution >= 0.6 is 0 Å². The van der Waals surface area contributed by atoms with E-state index < -0.39 is 72.7 Å². The summed E-state index contributed by atoms with van der Waals surface area (Å²) < 4.78 is 207. The summed E-state index contributed by atoms with van der Waals surface area (Å²) in [5.74, 6) is 0. The molecular formula is C2H21Ca4Na4O42S10-. The van der Waals surface area contributed by atoms with Crippen LogP contribution in [0.15, 0.2) is 0 Å². The fraction of sp³-hybridized carbons (Fsp3) is 0. The molecule has 62 heavy (non-hydrogen) atoms. The van der Waals surface area contributed by atoms with Gasteiger partial charge < -0.3 is 50.2 Å². The summed E-state index contributed by atoms with van der Waals surface area (Å²) in [6, 6.07) is 0. The summed E-state index contributed by atoms with van der Waals surface area (Å²) in [6.07, 6.45) is 0.250. The van der Waals surface area contributed by atoms with Gasteiger partial charge >= 0.3 is 354 Å². The Balaban J connectivity index is -0.0000000109. The van der Waals surface area contributed by atoms with E-state index in [1.807, 2.05) is 0 Å². The molecule has 0 amide bonds. The molecular weight excluding hydrogens is 1270 g/mol. The molecule has 0 saturated carbocycles. The zero-order chi connectivity index (χ0) is 47.5. The van der Waals surface area contributed by atoms with E-state index >= 15 is 0 Å². The minimum atomic E-state index is -5.17. The minimum Gasteiger partial charge on any atom is -1.00 e. The maximum absolute atomic E-state index is 9.69. The Morgan fingerprint density at radius 2 is 0.629 bits per heavy atom. The molecule has 0 aromatic rings. The van der Waals surface area contributed by atoms with Crippen molar-refractivity contribution in [1.29, 1.82) is 0 Å². The molecule has 3 atom stereocenters. The maximum atomic E-state index is 9.69. The molecule has 0 heterocycles. The van der Waals surface area contributed by atoms with Gasteiger partial charge in [0, 0.05) is 42.7 Å². The first-order valence-electron chi connectivity index (χ1n) is 7.25. The molecule has 42 nitrogen and oxygen atoms in total. The van der Waals surface area contributed by atoms with Gasteiger partial charge in [0.1, 0.15) is 0 Å². The first-order chi connectivity index (χ1) is 23.1. The standard InChI is InChI=1S/CHO2.CO2.4Ca.4Na.5H2O4S.H2O4.H2O3S.2O3S.O2.3H2O.S2.4H/c2*2-1-3;;;;;;;;;3*1-5(2,3)4;2*1-4-5(2)3;1-3-4-2;3*1-4(2)3;1-2;;;;1-2;;;;/h(H,2,3);;;;;;;;;;3*(H2,1,2,3,4);2*1H,(H,2,3);1-2H;(H2,1,2,3);;;;3*1H2;;;;;/q-1;;;;2*+2;4*+1;;;;;;;;;;;;;;;4*-1/p-4. The van der Waals surface area contributed by atoms with E-state index in [1.54, 1.807) is 0 Å². The molecule has 0 radical (unpaired) electrons. The number of aliphatic hydroxyl groups excluding tert-OH is 1. The molecule has 0 saturated heterocycles. The van der Waals surface area contributed by atoms with Crippen molar-refractivity contribution < 1.29 is 308 Å². The Morgan fingerprint density at radius 3 is 0.629 bits per heavy atom. The van der Waals surface area contributed by atoms with Crippen molar-refractivity contribution in [3.05, 3.63) is 9.93 Å². The molecule has 60 heteroatoms. The summed E-state index contributed by atoms with van der Waals surface area (Å²) in [5.41, 5.74) is 0. The van der Waals surface area contributed by atoms with E-state index in [4.69, 9.17) is 151 Å². The first-order valence-corrected chi connectivity index (χ1v) is 24.4. The van der Waals surface area contributed by atoms with E-state index in [0.717, 1.165) is 0 Å². The summed E-state index contributed by atoms with van der Waals surface area (Å²) >= 11 is 4.53. The minimum absolute atomic E-state index is 0. The van der Waals surface area contributed by atoms with Crippen molar-refractivity contribution in [2.24, 2.45) is 0 Å². The Hall–Kier alpha value is 6.63. The van der Waals surface area contributed by atoms with Gasteiger partial charge in [0.05, 0.1) is 11.4 Å². The maximum Gasteiger partial charge on any atom is 2.00 e. The van der Waals surface area contributed by atoms with Crippen LogP contribution in [0.4, 0.5) is 0 Å². The molecule has 354 valence electrons. The number of carbonyl (C=O) groups excluding carboxylic acids is 2. The third-order valence-corrected chi connectivity index (χ3v) is 1.72. The van der Waals surface area contributed by atoms with Gasteiger partial charge in [-0.3, -0.25) is 26.6 Å². The summed E-state index contributed by atoms with van der Waals surface area (Å²) in [4.78, 5) is 38.5. The second-order valence-electron chi connectivity index (χ2n) is 3.57. The second-order valence-corrected chi connectivity index (χ2v) is 16.9. The Bertz CT molecular complexity index is 1460. The molecule has 0 aromatic heterocycles. The van der Waals surface area contributed by atoms with Gasteiger partial charge in [-0.1, -0.05) is 6.47 Å². The van der Waals surface area contributed by atoms with Gasteiger partial charge in [-0.2, -0.15) is 26.4 Å². The second kappa shape index (κ2) is 113. The van der Waals surface area contributed by atoms with Gasteiger partial charge in [-0.15, -0.1) is 25.3 Å². The van der Waals surface area contributed by atoms with Crippen LogP contribution < -0.4 is 118 Å². The third-order valence-electron chi connectivity index (χ3n) is 0.266. The smallest absolute Gasteiger partial charge is 1.00 e. The molecule has 0 spiro atoms. The van der Waals surface area contributed by atoms with Crippen LogP contribution in [0.1, 0.15) is 5.71 Å². The molecule has 3 unspecified atom stereocenters. The van der Waals surface area contributed by atoms with Crippen molar-refractivity contribution in [3.63, 3.8) is 0 Å². The van der Waals surface area contributed by atoms with E-state index in [9.17, 15) is 8.42 Å². The van der Waals surface area contributed by atoms with Crippen LogP contribution in [0.25, 0.3) is 0 Å². The van der Waals surface area contributed by atoms with Gasteiger partial charge in [-0.25, -0.2) is 14.7 Å². The zero-order valence-corrected chi connectivity index (χ0v) is 54.7. The van der Waals surface area contributed by atoms with Crippen molar-refractivity contribution in [2.75, 3.05) is 0 Å². The predicted molar refractivity (Wildman–Crippen MR) is 178 cm³/mol. The van der Waals surface area contributed by atoms with E-state index in [0.29, 0.717) is 6.47 Å². The fourth-order valence-corrected chi connectivity index (χ4v) is 0.